The molecule has 1 aliphatic rings. The minimum absolute atomic E-state index is 0.0950. The highest BCUT2D eigenvalue weighted by atomic mass is 19.4. The molecule has 0 unspecified atom stereocenters. The molecule has 0 aromatic heterocycles. The van der Waals surface area contributed by atoms with Crippen molar-refractivity contribution < 1.29 is 22.7 Å². The maximum Gasteiger partial charge on any atom is 0.416 e. The number of carbonyl (C=O) groups excluding carboxylic acids is 1. The number of aliphatic imine (C=N–C) groups is 1. The van der Waals surface area contributed by atoms with Crippen LogP contribution in [0.3, 0.4) is 0 Å². The van der Waals surface area contributed by atoms with Gasteiger partial charge in [-0.2, -0.15) is 13.2 Å². The Morgan fingerprint density at radius 1 is 1.03 bits per heavy atom. The Kier molecular flexibility index (Phi) is 9.89. The van der Waals surface area contributed by atoms with Crippen molar-refractivity contribution in [2.24, 2.45) is 4.99 Å². The zero-order valence-electron chi connectivity index (χ0n) is 21.2. The quantitative estimate of drug-likeness (QED) is 0.469. The van der Waals surface area contributed by atoms with Gasteiger partial charge in [-0.1, -0.05) is 25.1 Å². The van der Waals surface area contributed by atoms with Crippen LogP contribution < -0.4 is 10.1 Å². The first-order chi connectivity index (χ1) is 17.1. The smallest absolute Gasteiger partial charge is 0.416 e. The SMILES string of the molecule is CCN1CCN(Cc2ccc(NC(=O)COc3ccc(CCN=C(C)C)cc3)cc2C(F)(F)F)CC1. The Morgan fingerprint density at radius 3 is 2.31 bits per heavy atom. The first kappa shape index (κ1) is 27.7. The molecule has 1 N–H and O–H groups in total. The van der Waals surface area contributed by atoms with Crippen LogP contribution in [0.1, 0.15) is 37.5 Å². The minimum atomic E-state index is -4.51. The lowest BCUT2D eigenvalue weighted by Crippen LogP contribution is -2.45. The summed E-state index contributed by atoms with van der Waals surface area (Å²) in [4.78, 5) is 21.0. The number of ether oxygens (including phenoxy) is 1. The van der Waals surface area contributed by atoms with Crippen molar-refractivity contribution in [1.82, 2.24) is 9.80 Å². The lowest BCUT2D eigenvalue weighted by molar-refractivity contribution is -0.138. The summed E-state index contributed by atoms with van der Waals surface area (Å²) in [6.07, 6.45) is -3.71. The molecule has 6 nitrogen and oxygen atoms in total. The van der Waals surface area contributed by atoms with Crippen LogP contribution in [0.4, 0.5) is 18.9 Å². The predicted octanol–water partition coefficient (Wildman–Crippen LogP) is 4.88. The van der Waals surface area contributed by atoms with E-state index in [1.54, 1.807) is 12.1 Å². The summed E-state index contributed by atoms with van der Waals surface area (Å²) in [5, 5.41) is 2.52. The van der Waals surface area contributed by atoms with Gasteiger partial charge in [-0.3, -0.25) is 14.7 Å². The molecule has 2 aromatic rings. The largest absolute Gasteiger partial charge is 0.484 e. The van der Waals surface area contributed by atoms with Crippen molar-refractivity contribution in [1.29, 1.82) is 0 Å². The molecule has 1 saturated heterocycles. The Bertz CT molecular complexity index is 1030. The Balaban J connectivity index is 1.55. The van der Waals surface area contributed by atoms with E-state index in [1.165, 1.54) is 12.1 Å². The van der Waals surface area contributed by atoms with E-state index in [0.29, 0.717) is 12.3 Å². The normalized spacial score (nSPS) is 14.9. The lowest BCUT2D eigenvalue weighted by atomic mass is 10.0. The summed E-state index contributed by atoms with van der Waals surface area (Å²) in [5.74, 6) is -0.0121. The van der Waals surface area contributed by atoms with Gasteiger partial charge in [0.1, 0.15) is 5.75 Å². The molecular formula is C27H35F3N4O2. The standard InChI is InChI=1S/C27H35F3N4O2/c1-4-33-13-15-34(16-14-33)18-22-7-8-23(17-25(22)27(28,29)30)32-26(35)19-36-24-9-5-21(6-10-24)11-12-31-20(2)3/h5-10,17H,4,11-16,18-19H2,1-3H3,(H,32,35). The second-order valence-electron chi connectivity index (χ2n) is 9.14. The van der Waals surface area contributed by atoms with E-state index in [4.69, 9.17) is 4.74 Å². The summed E-state index contributed by atoms with van der Waals surface area (Å²) < 4.78 is 46.9. The summed E-state index contributed by atoms with van der Waals surface area (Å²) >= 11 is 0. The second kappa shape index (κ2) is 12.9. The highest BCUT2D eigenvalue weighted by Gasteiger charge is 2.34. The van der Waals surface area contributed by atoms with Gasteiger partial charge in [-0.05, 0) is 62.2 Å². The first-order valence-electron chi connectivity index (χ1n) is 12.3. The summed E-state index contributed by atoms with van der Waals surface area (Å²) in [6, 6.07) is 11.3. The van der Waals surface area contributed by atoms with Crippen molar-refractivity contribution in [2.75, 3.05) is 51.2 Å². The molecule has 2 aromatic carbocycles. The first-order valence-corrected chi connectivity index (χ1v) is 12.3. The summed E-state index contributed by atoms with van der Waals surface area (Å²) in [6.45, 7) is 10.7. The predicted molar refractivity (Wildman–Crippen MR) is 137 cm³/mol. The molecule has 0 bridgehead atoms. The highest BCUT2D eigenvalue weighted by molar-refractivity contribution is 5.92. The highest BCUT2D eigenvalue weighted by Crippen LogP contribution is 2.34. The minimum Gasteiger partial charge on any atom is -0.484 e. The van der Waals surface area contributed by atoms with Crippen molar-refractivity contribution in [3.63, 3.8) is 0 Å². The van der Waals surface area contributed by atoms with Gasteiger partial charge in [-0.15, -0.1) is 0 Å². The number of rotatable bonds is 10. The number of likely N-dealkylation sites (N-methyl/N-ethyl adjacent to an activating group) is 1. The van der Waals surface area contributed by atoms with Crippen LogP contribution in [0.15, 0.2) is 47.5 Å². The molecule has 1 aliphatic heterocycles. The van der Waals surface area contributed by atoms with Crippen molar-refractivity contribution in [3.05, 3.63) is 59.2 Å². The molecule has 0 radical (unpaired) electrons. The van der Waals surface area contributed by atoms with Gasteiger partial charge in [0.15, 0.2) is 6.61 Å². The molecule has 9 heteroatoms. The van der Waals surface area contributed by atoms with Gasteiger partial charge >= 0.3 is 6.18 Å². The van der Waals surface area contributed by atoms with Crippen molar-refractivity contribution >= 4 is 17.3 Å². The number of hydrogen-bond donors (Lipinski definition) is 1. The number of nitrogens with one attached hydrogen (secondary N) is 1. The fraction of sp³-hybridized carbons (Fsp3) is 0.481. The number of piperazine rings is 1. The van der Waals surface area contributed by atoms with Gasteiger partial charge in [-0.25, -0.2) is 0 Å². The van der Waals surface area contributed by atoms with E-state index < -0.39 is 17.6 Å². The van der Waals surface area contributed by atoms with Gasteiger partial charge < -0.3 is 15.0 Å². The number of benzene rings is 2. The van der Waals surface area contributed by atoms with E-state index in [-0.39, 0.29) is 24.4 Å². The maximum atomic E-state index is 13.8. The van der Waals surface area contributed by atoms with E-state index >= 15 is 0 Å². The van der Waals surface area contributed by atoms with Crippen LogP contribution in [-0.2, 0) is 23.9 Å². The molecule has 0 atom stereocenters. The van der Waals surface area contributed by atoms with Gasteiger partial charge in [0.2, 0.25) is 0 Å². The molecule has 0 saturated carbocycles. The van der Waals surface area contributed by atoms with E-state index in [1.807, 2.05) is 30.9 Å². The van der Waals surface area contributed by atoms with Crippen LogP contribution >= 0.6 is 0 Å². The summed E-state index contributed by atoms with van der Waals surface area (Å²) in [5.41, 5.74) is 1.71. The number of amides is 1. The van der Waals surface area contributed by atoms with E-state index in [9.17, 15) is 18.0 Å². The fourth-order valence-corrected chi connectivity index (χ4v) is 4.07. The number of hydrogen-bond acceptors (Lipinski definition) is 5. The third-order valence-electron chi connectivity index (χ3n) is 6.13. The molecule has 1 heterocycles. The van der Waals surface area contributed by atoms with E-state index in [0.717, 1.165) is 56.5 Å². The van der Waals surface area contributed by atoms with Gasteiger partial charge in [0, 0.05) is 50.7 Å². The molecular weight excluding hydrogens is 469 g/mol. The maximum absolute atomic E-state index is 13.8. The zero-order chi connectivity index (χ0) is 26.1. The molecule has 0 aliphatic carbocycles. The monoisotopic (exact) mass is 504 g/mol. The average molecular weight is 505 g/mol. The van der Waals surface area contributed by atoms with Crippen LogP contribution in [0.25, 0.3) is 0 Å². The Hall–Kier alpha value is -2.91. The topological polar surface area (TPSA) is 57.2 Å². The second-order valence-corrected chi connectivity index (χ2v) is 9.14. The molecule has 0 spiro atoms. The molecule has 196 valence electrons. The number of halogens is 3. The number of anilines is 1. The third kappa shape index (κ3) is 8.64. The van der Waals surface area contributed by atoms with E-state index in [2.05, 4.69) is 22.1 Å². The van der Waals surface area contributed by atoms with Crippen LogP contribution in [0, 0.1) is 0 Å². The van der Waals surface area contributed by atoms with Crippen molar-refractivity contribution in [3.8, 4) is 5.75 Å². The van der Waals surface area contributed by atoms with Crippen molar-refractivity contribution in [2.45, 2.75) is 39.9 Å². The van der Waals surface area contributed by atoms with Gasteiger partial charge in [0.05, 0.1) is 5.56 Å². The third-order valence-corrected chi connectivity index (χ3v) is 6.13. The Labute approximate surface area is 211 Å². The molecule has 36 heavy (non-hydrogen) atoms. The zero-order valence-corrected chi connectivity index (χ0v) is 21.2. The average Bonchev–Trinajstić information content (AvgIpc) is 2.84. The Morgan fingerprint density at radius 2 is 1.69 bits per heavy atom. The molecule has 1 amide bonds. The van der Waals surface area contributed by atoms with Gasteiger partial charge in [0.25, 0.3) is 5.91 Å². The fourth-order valence-electron chi connectivity index (χ4n) is 4.07. The van der Waals surface area contributed by atoms with Crippen LogP contribution in [0.5, 0.6) is 5.75 Å². The number of alkyl halides is 3. The van der Waals surface area contributed by atoms with Crippen LogP contribution in [-0.4, -0.2) is 67.3 Å². The summed E-state index contributed by atoms with van der Waals surface area (Å²) in [7, 11) is 0. The molecule has 1 fully saturated rings. The number of carbonyl (C=O) groups is 1. The van der Waals surface area contributed by atoms with Crippen LogP contribution in [0.2, 0.25) is 0 Å². The number of nitrogens with zero attached hydrogens (tertiary/aromatic N) is 3. The molecule has 3 rings (SSSR count). The lowest BCUT2D eigenvalue weighted by Gasteiger charge is -2.34.